The number of hydrogen-bond donors (Lipinski definition) is 1. The van der Waals surface area contributed by atoms with Gasteiger partial charge in [-0.3, -0.25) is 4.79 Å². The number of rotatable bonds is 3. The number of benzene rings is 1. The van der Waals surface area contributed by atoms with Gasteiger partial charge in [0.05, 0.1) is 6.07 Å². The molecular weight excluding hydrogens is 306 g/mol. The molecule has 1 aliphatic heterocycles. The zero-order valence-corrected chi connectivity index (χ0v) is 12.2. The Hall–Kier alpha value is -1.54. The van der Waals surface area contributed by atoms with Crippen LogP contribution in [0.1, 0.15) is 19.3 Å². The molecule has 0 radical (unpaired) electrons. The fourth-order valence-corrected chi connectivity index (χ4v) is 2.80. The molecule has 1 heterocycles. The number of nitrogens with one attached hydrogen (secondary N) is 1. The number of piperidine rings is 1. The van der Waals surface area contributed by atoms with Crippen LogP contribution in [-0.2, 0) is 4.79 Å². The van der Waals surface area contributed by atoms with E-state index in [-0.39, 0.29) is 18.5 Å². The maximum atomic E-state index is 12.1. The standard InChI is InChI=1S/C14H16BrN3O/c15-11-4-3-5-12(10-11)18-9-2-1-6-13(18)14(19)17-8-7-16/h3-5,10,13H,1-2,6,8-9H2,(H,17,19)/t13-/m1/s1. The molecule has 0 spiro atoms. The Kier molecular flexibility index (Phi) is 4.80. The van der Waals surface area contributed by atoms with Gasteiger partial charge in [-0.25, -0.2) is 0 Å². The Bertz CT molecular complexity index is 498. The van der Waals surface area contributed by atoms with Crippen LogP contribution in [0.3, 0.4) is 0 Å². The number of carbonyl (C=O) groups is 1. The molecule has 1 saturated heterocycles. The minimum Gasteiger partial charge on any atom is -0.359 e. The highest BCUT2D eigenvalue weighted by atomic mass is 79.9. The Labute approximate surface area is 121 Å². The van der Waals surface area contributed by atoms with Gasteiger partial charge >= 0.3 is 0 Å². The third-order valence-electron chi connectivity index (χ3n) is 3.29. The molecule has 1 amide bonds. The van der Waals surface area contributed by atoms with Crippen LogP contribution in [0.5, 0.6) is 0 Å². The molecule has 2 rings (SSSR count). The van der Waals surface area contributed by atoms with Crippen LogP contribution in [-0.4, -0.2) is 25.0 Å². The molecule has 1 fully saturated rings. The molecule has 4 nitrogen and oxygen atoms in total. The first-order valence-corrected chi connectivity index (χ1v) is 7.18. The minimum absolute atomic E-state index is 0.0544. The molecule has 1 atom stereocenters. The topological polar surface area (TPSA) is 56.1 Å². The van der Waals surface area contributed by atoms with Crippen LogP contribution in [0.25, 0.3) is 0 Å². The van der Waals surface area contributed by atoms with Crippen molar-refractivity contribution in [2.75, 3.05) is 18.0 Å². The zero-order chi connectivity index (χ0) is 13.7. The van der Waals surface area contributed by atoms with Crippen LogP contribution < -0.4 is 10.2 Å². The third kappa shape index (κ3) is 3.48. The fourth-order valence-electron chi connectivity index (χ4n) is 2.41. The number of amides is 1. The summed E-state index contributed by atoms with van der Waals surface area (Å²) in [7, 11) is 0. The normalized spacial score (nSPS) is 18.7. The number of anilines is 1. The lowest BCUT2D eigenvalue weighted by Crippen LogP contribution is -2.49. The smallest absolute Gasteiger partial charge is 0.243 e. The van der Waals surface area contributed by atoms with Crippen LogP contribution in [0.2, 0.25) is 0 Å². The summed E-state index contributed by atoms with van der Waals surface area (Å²) in [5.74, 6) is -0.0544. The van der Waals surface area contributed by atoms with Crippen molar-refractivity contribution in [1.29, 1.82) is 5.26 Å². The van der Waals surface area contributed by atoms with Crippen molar-refractivity contribution < 1.29 is 4.79 Å². The Morgan fingerprint density at radius 1 is 1.53 bits per heavy atom. The van der Waals surface area contributed by atoms with Gasteiger partial charge in [-0.15, -0.1) is 0 Å². The predicted octanol–water partition coefficient (Wildman–Crippen LogP) is 2.45. The van der Waals surface area contributed by atoms with E-state index in [9.17, 15) is 4.79 Å². The first kappa shape index (κ1) is 13.9. The lowest BCUT2D eigenvalue weighted by atomic mass is 10.0. The number of nitriles is 1. The van der Waals surface area contributed by atoms with Gasteiger partial charge in [0.1, 0.15) is 12.6 Å². The number of halogens is 1. The molecule has 1 N–H and O–H groups in total. The summed E-state index contributed by atoms with van der Waals surface area (Å²) in [6, 6.07) is 9.75. The summed E-state index contributed by atoms with van der Waals surface area (Å²) in [5, 5.41) is 11.2. The molecule has 0 aromatic heterocycles. The molecule has 0 aliphatic carbocycles. The van der Waals surface area contributed by atoms with Gasteiger partial charge in [0, 0.05) is 16.7 Å². The molecule has 19 heavy (non-hydrogen) atoms. The number of nitrogens with zero attached hydrogens (tertiary/aromatic N) is 2. The summed E-state index contributed by atoms with van der Waals surface area (Å²) in [6.07, 6.45) is 2.98. The molecule has 1 aromatic carbocycles. The average Bonchev–Trinajstić information content (AvgIpc) is 2.45. The molecular formula is C14H16BrN3O. The van der Waals surface area contributed by atoms with E-state index < -0.39 is 0 Å². The highest BCUT2D eigenvalue weighted by molar-refractivity contribution is 9.10. The van der Waals surface area contributed by atoms with E-state index in [1.165, 1.54) is 0 Å². The van der Waals surface area contributed by atoms with Crippen molar-refractivity contribution in [3.63, 3.8) is 0 Å². The van der Waals surface area contributed by atoms with Crippen molar-refractivity contribution in [3.8, 4) is 6.07 Å². The summed E-state index contributed by atoms with van der Waals surface area (Å²) in [5.41, 5.74) is 1.05. The molecule has 0 unspecified atom stereocenters. The van der Waals surface area contributed by atoms with E-state index in [0.717, 1.165) is 36.0 Å². The van der Waals surface area contributed by atoms with Gasteiger partial charge in [-0.05, 0) is 37.5 Å². The fraction of sp³-hybridized carbons (Fsp3) is 0.429. The molecule has 1 aromatic rings. The minimum atomic E-state index is -0.170. The van der Waals surface area contributed by atoms with Crippen LogP contribution >= 0.6 is 15.9 Å². The second-order valence-corrected chi connectivity index (χ2v) is 5.48. The highest BCUT2D eigenvalue weighted by Gasteiger charge is 2.28. The van der Waals surface area contributed by atoms with E-state index in [0.29, 0.717) is 0 Å². The highest BCUT2D eigenvalue weighted by Crippen LogP contribution is 2.27. The first-order chi connectivity index (χ1) is 9.22. The molecule has 1 aliphatic rings. The van der Waals surface area contributed by atoms with E-state index in [4.69, 9.17) is 5.26 Å². The summed E-state index contributed by atoms with van der Waals surface area (Å²) >= 11 is 3.46. The van der Waals surface area contributed by atoms with E-state index >= 15 is 0 Å². The third-order valence-corrected chi connectivity index (χ3v) is 3.78. The van der Waals surface area contributed by atoms with Gasteiger partial charge in [0.25, 0.3) is 0 Å². The predicted molar refractivity (Wildman–Crippen MR) is 77.7 cm³/mol. The molecule has 5 heteroatoms. The first-order valence-electron chi connectivity index (χ1n) is 6.39. The quantitative estimate of drug-likeness (QED) is 0.870. The van der Waals surface area contributed by atoms with Crippen molar-refractivity contribution in [2.45, 2.75) is 25.3 Å². The zero-order valence-electron chi connectivity index (χ0n) is 10.6. The second-order valence-electron chi connectivity index (χ2n) is 4.56. The van der Waals surface area contributed by atoms with E-state index in [1.807, 2.05) is 30.3 Å². The monoisotopic (exact) mass is 321 g/mol. The van der Waals surface area contributed by atoms with Crippen molar-refractivity contribution in [3.05, 3.63) is 28.7 Å². The summed E-state index contributed by atoms with van der Waals surface area (Å²) in [6.45, 7) is 0.947. The van der Waals surface area contributed by atoms with Crippen molar-refractivity contribution in [2.24, 2.45) is 0 Å². The number of hydrogen-bond acceptors (Lipinski definition) is 3. The van der Waals surface area contributed by atoms with Crippen LogP contribution in [0.4, 0.5) is 5.69 Å². The molecule has 0 bridgehead atoms. The van der Waals surface area contributed by atoms with Crippen LogP contribution in [0, 0.1) is 11.3 Å². The van der Waals surface area contributed by atoms with Gasteiger partial charge in [0.2, 0.25) is 5.91 Å². The molecule has 0 saturated carbocycles. The van der Waals surface area contributed by atoms with Crippen LogP contribution in [0.15, 0.2) is 28.7 Å². The van der Waals surface area contributed by atoms with E-state index in [1.54, 1.807) is 0 Å². The van der Waals surface area contributed by atoms with Gasteiger partial charge in [-0.1, -0.05) is 22.0 Å². The summed E-state index contributed by atoms with van der Waals surface area (Å²) in [4.78, 5) is 14.2. The lowest BCUT2D eigenvalue weighted by Gasteiger charge is -2.36. The lowest BCUT2D eigenvalue weighted by molar-refractivity contribution is -0.122. The maximum absolute atomic E-state index is 12.1. The summed E-state index contributed by atoms with van der Waals surface area (Å²) < 4.78 is 1.01. The van der Waals surface area contributed by atoms with Gasteiger partial charge in [-0.2, -0.15) is 5.26 Å². The van der Waals surface area contributed by atoms with Crippen molar-refractivity contribution in [1.82, 2.24) is 5.32 Å². The maximum Gasteiger partial charge on any atom is 0.243 e. The molecule has 100 valence electrons. The van der Waals surface area contributed by atoms with Gasteiger partial charge in [0.15, 0.2) is 0 Å². The van der Waals surface area contributed by atoms with Gasteiger partial charge < -0.3 is 10.2 Å². The Balaban J connectivity index is 2.16. The Morgan fingerprint density at radius 3 is 3.11 bits per heavy atom. The van der Waals surface area contributed by atoms with Crippen molar-refractivity contribution >= 4 is 27.5 Å². The Morgan fingerprint density at radius 2 is 2.37 bits per heavy atom. The second kappa shape index (κ2) is 6.58. The average molecular weight is 322 g/mol. The van der Waals surface area contributed by atoms with E-state index in [2.05, 4.69) is 26.1 Å². The largest absolute Gasteiger partial charge is 0.359 e. The SMILES string of the molecule is N#CCNC(=O)[C@H]1CCCCN1c1cccc(Br)c1. The number of carbonyl (C=O) groups excluding carboxylic acids is 1.